The van der Waals surface area contributed by atoms with Gasteiger partial charge < -0.3 is 5.73 Å². The molecule has 6 heteroatoms. The summed E-state index contributed by atoms with van der Waals surface area (Å²) < 4.78 is 0. The molecule has 0 fully saturated rings. The topological polar surface area (TPSA) is 83.7 Å². The number of nitrogens with one attached hydrogen (secondary N) is 1. The highest BCUT2D eigenvalue weighted by Crippen LogP contribution is 2.33. The Morgan fingerprint density at radius 1 is 1.04 bits per heavy atom. The number of benzene rings is 2. The van der Waals surface area contributed by atoms with E-state index in [0.29, 0.717) is 5.82 Å². The fourth-order valence-corrected chi connectivity index (χ4v) is 3.28. The molecule has 1 aliphatic rings. The molecule has 116 valence electrons. The minimum Gasteiger partial charge on any atom is -0.398 e. The molecular weight excluding hydrogens is 288 g/mol. The van der Waals surface area contributed by atoms with Crippen LogP contribution in [0.25, 0.3) is 0 Å². The summed E-state index contributed by atoms with van der Waals surface area (Å²) in [6.07, 6.45) is 1.01. The van der Waals surface area contributed by atoms with Gasteiger partial charge in [0.05, 0.1) is 0 Å². The van der Waals surface area contributed by atoms with Crippen molar-refractivity contribution < 1.29 is 0 Å². The summed E-state index contributed by atoms with van der Waals surface area (Å²) in [5.41, 5.74) is 10.8. The molecule has 3 N–H and O–H groups in total. The Morgan fingerprint density at radius 3 is 2.61 bits per heavy atom. The molecule has 0 bridgehead atoms. The minimum atomic E-state index is -0.0942. The molecule has 4 rings (SSSR count). The highest BCUT2D eigenvalue weighted by molar-refractivity contribution is 5.50. The van der Waals surface area contributed by atoms with Crippen LogP contribution in [0.15, 0.2) is 48.5 Å². The Bertz CT molecular complexity index is 798. The van der Waals surface area contributed by atoms with Crippen LogP contribution in [0.2, 0.25) is 0 Å². The number of rotatable bonds is 3. The zero-order valence-corrected chi connectivity index (χ0v) is 12.7. The first-order valence-electron chi connectivity index (χ1n) is 7.71. The van der Waals surface area contributed by atoms with E-state index in [-0.39, 0.29) is 6.04 Å². The fourth-order valence-electron chi connectivity index (χ4n) is 3.28. The summed E-state index contributed by atoms with van der Waals surface area (Å²) in [6, 6.07) is 16.4. The molecule has 3 aromatic rings. The largest absolute Gasteiger partial charge is 0.398 e. The summed E-state index contributed by atoms with van der Waals surface area (Å²) in [6.45, 7) is 1.79. The van der Waals surface area contributed by atoms with Crippen LogP contribution >= 0.6 is 0 Å². The first-order valence-corrected chi connectivity index (χ1v) is 7.71. The number of fused-ring (bicyclic) bond motifs is 1. The number of hydrogen-bond acceptors (Lipinski definition) is 5. The Morgan fingerprint density at radius 2 is 1.83 bits per heavy atom. The first kappa shape index (κ1) is 13.9. The number of aromatic amines is 1. The van der Waals surface area contributed by atoms with Crippen LogP contribution in [0.5, 0.6) is 0 Å². The molecule has 0 amide bonds. The fraction of sp³-hybridized carbons (Fsp3) is 0.235. The lowest BCUT2D eigenvalue weighted by molar-refractivity contribution is 0.200. The Labute approximate surface area is 134 Å². The number of nitrogen functional groups attached to an aromatic ring is 1. The summed E-state index contributed by atoms with van der Waals surface area (Å²) >= 11 is 0. The number of anilines is 1. The molecule has 0 saturated carbocycles. The van der Waals surface area contributed by atoms with Crippen LogP contribution < -0.4 is 5.73 Å². The quantitative estimate of drug-likeness (QED) is 0.722. The maximum Gasteiger partial charge on any atom is 0.196 e. The Kier molecular flexibility index (Phi) is 3.51. The molecule has 6 nitrogen and oxygen atoms in total. The van der Waals surface area contributed by atoms with Gasteiger partial charge in [-0.25, -0.2) is 0 Å². The molecular formula is C17H18N6. The lowest BCUT2D eigenvalue weighted by atomic mass is 9.95. The van der Waals surface area contributed by atoms with E-state index in [9.17, 15) is 0 Å². The zero-order valence-electron chi connectivity index (χ0n) is 12.7. The van der Waals surface area contributed by atoms with Crippen molar-refractivity contribution in [2.75, 3.05) is 12.3 Å². The van der Waals surface area contributed by atoms with Crippen LogP contribution in [-0.4, -0.2) is 32.1 Å². The second kappa shape index (κ2) is 5.81. The molecule has 0 radical (unpaired) electrons. The number of hydrogen-bond donors (Lipinski definition) is 2. The van der Waals surface area contributed by atoms with E-state index in [4.69, 9.17) is 5.73 Å². The van der Waals surface area contributed by atoms with Crippen LogP contribution in [0.4, 0.5) is 5.69 Å². The highest BCUT2D eigenvalue weighted by Gasteiger charge is 2.30. The standard InChI is InChI=1S/C17H18N6/c18-15-8-4-3-7-14(15)16(17-19-21-22-20-17)23-10-9-12-5-1-2-6-13(12)11-23/h1-8,16H,9-11,18H2,(H,19,20,21,22). The molecule has 2 heterocycles. The van der Waals surface area contributed by atoms with Crippen molar-refractivity contribution in [3.63, 3.8) is 0 Å². The van der Waals surface area contributed by atoms with Crippen LogP contribution in [0.1, 0.15) is 28.6 Å². The Balaban J connectivity index is 1.74. The van der Waals surface area contributed by atoms with Crippen LogP contribution in [0.3, 0.4) is 0 Å². The average Bonchev–Trinajstić information content (AvgIpc) is 3.11. The molecule has 1 aliphatic heterocycles. The SMILES string of the molecule is Nc1ccccc1C(c1nn[nH]n1)N1CCc2ccccc2C1. The molecule has 0 aliphatic carbocycles. The summed E-state index contributed by atoms with van der Waals surface area (Å²) in [5.74, 6) is 0.655. The molecule has 1 unspecified atom stereocenters. The lowest BCUT2D eigenvalue weighted by Crippen LogP contribution is -2.35. The summed E-state index contributed by atoms with van der Waals surface area (Å²) in [7, 11) is 0. The minimum absolute atomic E-state index is 0.0942. The molecule has 0 spiro atoms. The van der Waals surface area contributed by atoms with E-state index in [0.717, 1.165) is 30.8 Å². The predicted molar refractivity (Wildman–Crippen MR) is 87.4 cm³/mol. The third-order valence-corrected chi connectivity index (χ3v) is 4.42. The van der Waals surface area contributed by atoms with Gasteiger partial charge in [-0.05, 0) is 23.6 Å². The van der Waals surface area contributed by atoms with Crippen molar-refractivity contribution in [2.45, 2.75) is 19.0 Å². The number of para-hydroxylation sites is 1. The lowest BCUT2D eigenvalue weighted by Gasteiger charge is -2.34. The number of nitrogens with two attached hydrogens (primary N) is 1. The van der Waals surface area contributed by atoms with Crippen molar-refractivity contribution >= 4 is 5.69 Å². The van der Waals surface area contributed by atoms with Crippen molar-refractivity contribution in [3.05, 3.63) is 71.0 Å². The van der Waals surface area contributed by atoms with Crippen LogP contribution in [-0.2, 0) is 13.0 Å². The van der Waals surface area contributed by atoms with Crippen molar-refractivity contribution in [1.82, 2.24) is 25.5 Å². The number of nitrogens with zero attached hydrogens (tertiary/aromatic N) is 4. The van der Waals surface area contributed by atoms with Gasteiger partial charge in [0.15, 0.2) is 5.82 Å². The normalized spacial score (nSPS) is 16.0. The smallest absolute Gasteiger partial charge is 0.196 e. The number of tetrazole rings is 1. The second-order valence-corrected chi connectivity index (χ2v) is 5.79. The van der Waals surface area contributed by atoms with Gasteiger partial charge in [-0.1, -0.05) is 47.7 Å². The van der Waals surface area contributed by atoms with Crippen LogP contribution in [0, 0.1) is 0 Å². The molecule has 2 aromatic carbocycles. The summed E-state index contributed by atoms with van der Waals surface area (Å²) in [4.78, 5) is 2.36. The maximum absolute atomic E-state index is 6.22. The van der Waals surface area contributed by atoms with Gasteiger partial charge in [0, 0.05) is 24.3 Å². The first-order chi connectivity index (χ1) is 11.3. The maximum atomic E-state index is 6.22. The average molecular weight is 306 g/mol. The monoisotopic (exact) mass is 306 g/mol. The second-order valence-electron chi connectivity index (χ2n) is 5.79. The van der Waals surface area contributed by atoms with E-state index in [1.807, 2.05) is 24.3 Å². The van der Waals surface area contributed by atoms with Gasteiger partial charge in [-0.15, -0.1) is 10.2 Å². The van der Waals surface area contributed by atoms with E-state index < -0.39 is 0 Å². The van der Waals surface area contributed by atoms with E-state index in [2.05, 4.69) is 49.8 Å². The predicted octanol–water partition coefficient (Wildman–Crippen LogP) is 1.93. The van der Waals surface area contributed by atoms with Crippen molar-refractivity contribution in [3.8, 4) is 0 Å². The summed E-state index contributed by atoms with van der Waals surface area (Å²) in [5, 5.41) is 14.7. The third kappa shape index (κ3) is 2.57. The van der Waals surface area contributed by atoms with Gasteiger partial charge in [0.2, 0.25) is 0 Å². The molecule has 1 atom stereocenters. The van der Waals surface area contributed by atoms with Gasteiger partial charge >= 0.3 is 0 Å². The van der Waals surface area contributed by atoms with E-state index in [1.54, 1.807) is 0 Å². The molecule has 1 aromatic heterocycles. The highest BCUT2D eigenvalue weighted by atomic mass is 15.5. The van der Waals surface area contributed by atoms with Crippen molar-refractivity contribution in [2.24, 2.45) is 0 Å². The molecule has 0 saturated heterocycles. The zero-order chi connectivity index (χ0) is 15.6. The number of aromatic nitrogens is 4. The molecule has 23 heavy (non-hydrogen) atoms. The van der Waals surface area contributed by atoms with Gasteiger partial charge in [0.1, 0.15) is 6.04 Å². The van der Waals surface area contributed by atoms with Gasteiger partial charge in [-0.3, -0.25) is 4.90 Å². The van der Waals surface area contributed by atoms with Gasteiger partial charge in [-0.2, -0.15) is 5.21 Å². The third-order valence-electron chi connectivity index (χ3n) is 4.42. The van der Waals surface area contributed by atoms with Gasteiger partial charge in [0.25, 0.3) is 0 Å². The Hall–Kier alpha value is -2.73. The van der Waals surface area contributed by atoms with Crippen molar-refractivity contribution in [1.29, 1.82) is 0 Å². The van der Waals surface area contributed by atoms with E-state index in [1.165, 1.54) is 11.1 Å². The van der Waals surface area contributed by atoms with E-state index >= 15 is 0 Å². The number of H-pyrrole nitrogens is 1.